The number of aliphatic hydroxyl groups is 2. The van der Waals surface area contributed by atoms with Gasteiger partial charge in [-0.05, 0) is 0 Å². The predicted molar refractivity (Wildman–Crippen MR) is 68.6 cm³/mol. The van der Waals surface area contributed by atoms with Crippen LogP contribution < -0.4 is 31.9 Å². The summed E-state index contributed by atoms with van der Waals surface area (Å²) in [5.41, 5.74) is 0. The molecular formula is C9H20N6O5. The molecule has 0 aliphatic carbocycles. The molecule has 0 atom stereocenters. The average molecular weight is 292 g/mol. The highest BCUT2D eigenvalue weighted by Gasteiger charge is 2.01. The summed E-state index contributed by atoms with van der Waals surface area (Å²) in [7, 11) is 0. The number of rotatable bonds is 8. The van der Waals surface area contributed by atoms with E-state index in [4.69, 9.17) is 10.2 Å². The molecule has 0 aromatic heterocycles. The van der Waals surface area contributed by atoms with E-state index in [9.17, 15) is 14.4 Å². The fourth-order valence-electron chi connectivity index (χ4n) is 1.04. The van der Waals surface area contributed by atoms with Gasteiger partial charge in [0.25, 0.3) is 0 Å². The number of nitrogens with one attached hydrogen (secondary N) is 6. The van der Waals surface area contributed by atoms with Gasteiger partial charge in [-0.1, -0.05) is 0 Å². The average Bonchev–Trinajstić information content (AvgIpc) is 2.40. The van der Waals surface area contributed by atoms with Crippen LogP contribution in [0.3, 0.4) is 0 Å². The lowest BCUT2D eigenvalue weighted by atomic mass is 10.6. The Morgan fingerprint density at radius 2 is 0.800 bits per heavy atom. The summed E-state index contributed by atoms with van der Waals surface area (Å²) in [5.74, 6) is 0. The minimum atomic E-state index is -0.534. The van der Waals surface area contributed by atoms with Crippen molar-refractivity contribution in [1.29, 1.82) is 0 Å². The third kappa shape index (κ3) is 10.9. The van der Waals surface area contributed by atoms with Crippen LogP contribution in [-0.4, -0.2) is 67.9 Å². The molecule has 8 N–H and O–H groups in total. The lowest BCUT2D eigenvalue weighted by molar-refractivity contribution is 0.217. The third-order valence-electron chi connectivity index (χ3n) is 1.87. The van der Waals surface area contributed by atoms with Gasteiger partial charge in [-0.15, -0.1) is 0 Å². The van der Waals surface area contributed by atoms with Crippen LogP contribution in [0.15, 0.2) is 0 Å². The summed E-state index contributed by atoms with van der Waals surface area (Å²) < 4.78 is 0. The molecule has 11 nitrogen and oxygen atoms in total. The van der Waals surface area contributed by atoms with Crippen LogP contribution in [0.25, 0.3) is 0 Å². The van der Waals surface area contributed by atoms with Gasteiger partial charge in [-0.3, -0.25) is 0 Å². The highest BCUT2D eigenvalue weighted by molar-refractivity contribution is 5.75. The van der Waals surface area contributed by atoms with Crippen molar-refractivity contribution in [3.8, 4) is 0 Å². The van der Waals surface area contributed by atoms with E-state index >= 15 is 0 Å². The van der Waals surface area contributed by atoms with E-state index in [-0.39, 0.29) is 26.2 Å². The van der Waals surface area contributed by atoms with Crippen LogP contribution in [0, 0.1) is 0 Å². The SMILES string of the molecule is O=C(NCO)NCCNC(=O)NCCNC(=O)NCO. The Bertz CT molecular complexity index is 285. The van der Waals surface area contributed by atoms with Gasteiger partial charge in [0.1, 0.15) is 13.5 Å². The fraction of sp³-hybridized carbons (Fsp3) is 0.667. The van der Waals surface area contributed by atoms with Gasteiger partial charge in [0.05, 0.1) is 0 Å². The van der Waals surface area contributed by atoms with Gasteiger partial charge >= 0.3 is 18.1 Å². The molecule has 0 fully saturated rings. The molecular weight excluding hydrogens is 272 g/mol. The van der Waals surface area contributed by atoms with E-state index in [2.05, 4.69) is 31.9 Å². The molecule has 0 saturated carbocycles. The quantitative estimate of drug-likeness (QED) is 0.174. The largest absolute Gasteiger partial charge is 0.376 e. The summed E-state index contributed by atoms with van der Waals surface area (Å²) in [5, 5.41) is 30.7. The van der Waals surface area contributed by atoms with E-state index < -0.39 is 31.6 Å². The summed E-state index contributed by atoms with van der Waals surface area (Å²) in [6.07, 6.45) is 0. The molecule has 0 spiro atoms. The highest BCUT2D eigenvalue weighted by Crippen LogP contribution is 1.68. The van der Waals surface area contributed by atoms with Crippen LogP contribution in [0.2, 0.25) is 0 Å². The first-order valence-electron chi connectivity index (χ1n) is 5.87. The van der Waals surface area contributed by atoms with Crippen molar-refractivity contribution in [2.75, 3.05) is 39.6 Å². The molecule has 0 rings (SSSR count). The van der Waals surface area contributed by atoms with E-state index in [1.54, 1.807) is 0 Å². The molecule has 6 amide bonds. The second-order valence-corrected chi connectivity index (χ2v) is 3.36. The van der Waals surface area contributed by atoms with Gasteiger partial charge in [0.15, 0.2) is 0 Å². The molecule has 0 heterocycles. The van der Waals surface area contributed by atoms with E-state index in [0.29, 0.717) is 0 Å². The highest BCUT2D eigenvalue weighted by atomic mass is 16.3. The maximum atomic E-state index is 11.2. The van der Waals surface area contributed by atoms with Crippen molar-refractivity contribution in [1.82, 2.24) is 31.9 Å². The summed E-state index contributed by atoms with van der Waals surface area (Å²) in [4.78, 5) is 32.9. The van der Waals surface area contributed by atoms with E-state index in [1.807, 2.05) is 0 Å². The minimum Gasteiger partial charge on any atom is -0.376 e. The topological polar surface area (TPSA) is 164 Å². The Hall–Kier alpha value is -2.27. The second-order valence-electron chi connectivity index (χ2n) is 3.36. The number of urea groups is 3. The standard InChI is InChI=1S/C9H20N6O5/c16-5-14-8(19)12-3-1-10-7(18)11-2-4-13-9(20)15-6-17/h16-17H,1-6H2,(H2,10,11,18)(H2,12,14,19)(H2,13,15,20). The molecule has 11 heteroatoms. The molecule has 0 bridgehead atoms. The number of carbonyl (C=O) groups excluding carboxylic acids is 3. The molecule has 0 aromatic rings. The summed E-state index contributed by atoms with van der Waals surface area (Å²) in [6, 6.07) is -1.51. The third-order valence-corrected chi connectivity index (χ3v) is 1.87. The lowest BCUT2D eigenvalue weighted by Gasteiger charge is -2.09. The van der Waals surface area contributed by atoms with Crippen molar-refractivity contribution >= 4 is 18.1 Å². The first-order chi connectivity index (χ1) is 9.60. The summed E-state index contributed by atoms with van der Waals surface area (Å²) in [6.45, 7) is -0.0910. The normalized spacial score (nSPS) is 9.30. The van der Waals surface area contributed by atoms with Gasteiger partial charge in [0, 0.05) is 26.2 Å². The zero-order chi connectivity index (χ0) is 15.2. The molecule has 116 valence electrons. The van der Waals surface area contributed by atoms with Crippen LogP contribution in [0.4, 0.5) is 14.4 Å². The first kappa shape index (κ1) is 17.7. The first-order valence-corrected chi connectivity index (χ1v) is 5.87. The Labute approximate surface area is 115 Å². The number of amides is 6. The van der Waals surface area contributed by atoms with Gasteiger partial charge in [-0.2, -0.15) is 0 Å². The maximum Gasteiger partial charge on any atom is 0.316 e. The monoisotopic (exact) mass is 292 g/mol. The van der Waals surface area contributed by atoms with Crippen molar-refractivity contribution in [3.05, 3.63) is 0 Å². The minimum absolute atomic E-state index is 0.205. The van der Waals surface area contributed by atoms with Crippen molar-refractivity contribution in [2.45, 2.75) is 0 Å². The van der Waals surface area contributed by atoms with Crippen molar-refractivity contribution < 1.29 is 24.6 Å². The molecule has 0 aliphatic heterocycles. The molecule has 0 radical (unpaired) electrons. The second kappa shape index (κ2) is 11.8. The van der Waals surface area contributed by atoms with Gasteiger partial charge < -0.3 is 42.1 Å². The van der Waals surface area contributed by atoms with Gasteiger partial charge in [-0.25, -0.2) is 14.4 Å². The Balaban J connectivity index is 3.41. The Kier molecular flexibility index (Phi) is 10.5. The molecule has 20 heavy (non-hydrogen) atoms. The van der Waals surface area contributed by atoms with Crippen LogP contribution in [0.5, 0.6) is 0 Å². The molecule has 0 saturated heterocycles. The molecule has 0 unspecified atom stereocenters. The molecule has 0 aliphatic rings. The number of hydrogen-bond acceptors (Lipinski definition) is 5. The van der Waals surface area contributed by atoms with E-state index in [1.165, 1.54) is 0 Å². The number of carbonyl (C=O) groups is 3. The van der Waals surface area contributed by atoms with E-state index in [0.717, 1.165) is 0 Å². The van der Waals surface area contributed by atoms with Gasteiger partial charge in [0.2, 0.25) is 0 Å². The summed E-state index contributed by atoms with van der Waals surface area (Å²) >= 11 is 0. The Morgan fingerprint density at radius 3 is 1.05 bits per heavy atom. The predicted octanol–water partition coefficient (Wildman–Crippen LogP) is -3.22. The van der Waals surface area contributed by atoms with Crippen LogP contribution >= 0.6 is 0 Å². The number of aliphatic hydroxyl groups excluding tert-OH is 2. The zero-order valence-electron chi connectivity index (χ0n) is 10.9. The van der Waals surface area contributed by atoms with Crippen molar-refractivity contribution in [3.63, 3.8) is 0 Å². The van der Waals surface area contributed by atoms with Crippen molar-refractivity contribution in [2.24, 2.45) is 0 Å². The van der Waals surface area contributed by atoms with Crippen LogP contribution in [-0.2, 0) is 0 Å². The fourth-order valence-corrected chi connectivity index (χ4v) is 1.04. The number of hydrogen-bond donors (Lipinski definition) is 8. The van der Waals surface area contributed by atoms with Crippen LogP contribution in [0.1, 0.15) is 0 Å². The Morgan fingerprint density at radius 1 is 0.550 bits per heavy atom. The smallest absolute Gasteiger partial charge is 0.316 e. The maximum absolute atomic E-state index is 11.2. The lowest BCUT2D eigenvalue weighted by Crippen LogP contribution is -2.45. The zero-order valence-corrected chi connectivity index (χ0v) is 10.9. The molecule has 0 aromatic carbocycles.